The number of pyridine rings is 1. The smallest absolute Gasteiger partial charge is 0.267 e. The predicted molar refractivity (Wildman–Crippen MR) is 60.8 cm³/mol. The summed E-state index contributed by atoms with van der Waals surface area (Å²) in [4.78, 5) is 14.7. The zero-order valence-electron chi connectivity index (χ0n) is 8.66. The third kappa shape index (κ3) is 3.51. The Balaban J connectivity index is 2.79. The van der Waals surface area contributed by atoms with Crippen LogP contribution in [0.4, 0.5) is 0 Å². The monoisotopic (exact) mass is 272 g/mol. The lowest BCUT2D eigenvalue weighted by Crippen LogP contribution is -2.13. The number of ether oxygens (including phenoxy) is 1. The molecule has 0 atom stereocenters. The topological polar surface area (TPSA) is 65.2 Å². The first kappa shape index (κ1) is 12.0. The molecule has 0 aliphatic rings. The van der Waals surface area contributed by atoms with Crippen molar-refractivity contribution in [2.45, 2.75) is 13.8 Å². The second-order valence-electron chi connectivity index (χ2n) is 3.57. The van der Waals surface area contributed by atoms with E-state index in [4.69, 9.17) is 10.5 Å². The molecule has 1 amide bonds. The highest BCUT2D eigenvalue weighted by Gasteiger charge is 2.08. The summed E-state index contributed by atoms with van der Waals surface area (Å²) in [6, 6.07) is 1.55. The van der Waals surface area contributed by atoms with Crippen LogP contribution in [0.5, 0.6) is 5.75 Å². The Labute approximate surface area is 97.0 Å². The van der Waals surface area contributed by atoms with E-state index in [9.17, 15) is 4.79 Å². The van der Waals surface area contributed by atoms with Gasteiger partial charge in [-0.15, -0.1) is 0 Å². The van der Waals surface area contributed by atoms with Crippen molar-refractivity contribution in [1.82, 2.24) is 4.98 Å². The van der Waals surface area contributed by atoms with Gasteiger partial charge in [-0.1, -0.05) is 13.8 Å². The first-order valence-electron chi connectivity index (χ1n) is 4.59. The number of hydrogen-bond donors (Lipinski definition) is 1. The molecule has 0 unspecified atom stereocenters. The predicted octanol–water partition coefficient (Wildman–Crippen LogP) is 1.98. The van der Waals surface area contributed by atoms with Crippen LogP contribution in [0.25, 0.3) is 0 Å². The number of primary amides is 1. The number of carbonyl (C=O) groups is 1. The molecule has 0 saturated carbocycles. The van der Waals surface area contributed by atoms with Gasteiger partial charge in [-0.3, -0.25) is 4.79 Å². The second-order valence-corrected chi connectivity index (χ2v) is 4.42. The van der Waals surface area contributed by atoms with E-state index in [1.54, 1.807) is 6.07 Å². The molecule has 82 valence electrons. The molecule has 0 bridgehead atoms. The van der Waals surface area contributed by atoms with Crippen molar-refractivity contribution in [3.63, 3.8) is 0 Å². The first-order chi connectivity index (χ1) is 7.00. The van der Waals surface area contributed by atoms with Crippen LogP contribution in [0.1, 0.15) is 24.3 Å². The summed E-state index contributed by atoms with van der Waals surface area (Å²) < 4.78 is 6.16. The van der Waals surface area contributed by atoms with Crippen molar-refractivity contribution < 1.29 is 9.53 Å². The SMILES string of the molecule is CC(C)COc1cnc(C(N)=O)cc1Br. The number of halogens is 1. The van der Waals surface area contributed by atoms with E-state index in [1.165, 1.54) is 6.20 Å². The molecular formula is C10H13BrN2O2. The van der Waals surface area contributed by atoms with Crippen molar-refractivity contribution in [3.8, 4) is 5.75 Å². The fourth-order valence-electron chi connectivity index (χ4n) is 0.916. The summed E-state index contributed by atoms with van der Waals surface area (Å²) >= 11 is 3.29. The highest BCUT2D eigenvalue weighted by Crippen LogP contribution is 2.24. The lowest BCUT2D eigenvalue weighted by Gasteiger charge is -2.10. The van der Waals surface area contributed by atoms with Gasteiger partial charge in [0.15, 0.2) is 5.75 Å². The minimum atomic E-state index is -0.550. The van der Waals surface area contributed by atoms with Crippen LogP contribution in [0, 0.1) is 5.92 Å². The molecule has 5 heteroatoms. The van der Waals surface area contributed by atoms with Crippen molar-refractivity contribution in [2.75, 3.05) is 6.61 Å². The summed E-state index contributed by atoms with van der Waals surface area (Å²) in [6.45, 7) is 4.72. The fraction of sp³-hybridized carbons (Fsp3) is 0.400. The maximum absolute atomic E-state index is 10.8. The number of nitrogens with two attached hydrogens (primary N) is 1. The molecule has 2 N–H and O–H groups in total. The van der Waals surface area contributed by atoms with Gasteiger partial charge in [0.2, 0.25) is 0 Å². The number of amides is 1. The van der Waals surface area contributed by atoms with Gasteiger partial charge in [0.1, 0.15) is 5.69 Å². The Bertz CT molecular complexity index is 366. The van der Waals surface area contributed by atoms with Crippen molar-refractivity contribution in [2.24, 2.45) is 11.7 Å². The van der Waals surface area contributed by atoms with Gasteiger partial charge in [-0.25, -0.2) is 4.98 Å². The van der Waals surface area contributed by atoms with E-state index < -0.39 is 5.91 Å². The minimum absolute atomic E-state index is 0.221. The lowest BCUT2D eigenvalue weighted by atomic mass is 10.2. The van der Waals surface area contributed by atoms with Gasteiger partial charge in [0, 0.05) is 0 Å². The fourth-order valence-corrected chi connectivity index (χ4v) is 1.35. The van der Waals surface area contributed by atoms with Gasteiger partial charge in [-0.05, 0) is 27.9 Å². The molecule has 1 rings (SSSR count). The average Bonchev–Trinajstić information content (AvgIpc) is 2.15. The third-order valence-corrected chi connectivity index (χ3v) is 2.26. The van der Waals surface area contributed by atoms with Gasteiger partial charge < -0.3 is 10.5 Å². The molecule has 0 radical (unpaired) electrons. The van der Waals surface area contributed by atoms with E-state index in [2.05, 4.69) is 34.8 Å². The number of carbonyl (C=O) groups excluding carboxylic acids is 1. The molecule has 1 heterocycles. The minimum Gasteiger partial charge on any atom is -0.491 e. The summed E-state index contributed by atoms with van der Waals surface area (Å²) in [5.41, 5.74) is 5.31. The van der Waals surface area contributed by atoms with Crippen molar-refractivity contribution in [3.05, 3.63) is 22.4 Å². The lowest BCUT2D eigenvalue weighted by molar-refractivity contribution is 0.0995. The molecule has 0 aliphatic heterocycles. The van der Waals surface area contributed by atoms with E-state index in [0.717, 1.165) is 0 Å². The Hall–Kier alpha value is -1.10. The molecule has 0 spiro atoms. The van der Waals surface area contributed by atoms with Crippen LogP contribution in [0.3, 0.4) is 0 Å². The normalized spacial score (nSPS) is 10.4. The maximum Gasteiger partial charge on any atom is 0.267 e. The average molecular weight is 273 g/mol. The molecule has 15 heavy (non-hydrogen) atoms. The summed E-state index contributed by atoms with van der Waals surface area (Å²) in [6.07, 6.45) is 1.49. The van der Waals surface area contributed by atoms with Crippen LogP contribution >= 0.6 is 15.9 Å². The standard InChI is InChI=1S/C10H13BrN2O2/c1-6(2)5-15-9-4-13-8(10(12)14)3-7(9)11/h3-4,6H,5H2,1-2H3,(H2,12,14). The van der Waals surface area contributed by atoms with Crippen LogP contribution in [0.15, 0.2) is 16.7 Å². The Morgan fingerprint density at radius 3 is 2.80 bits per heavy atom. The Kier molecular flexibility index (Phi) is 4.08. The molecule has 4 nitrogen and oxygen atoms in total. The Morgan fingerprint density at radius 2 is 2.33 bits per heavy atom. The third-order valence-electron chi connectivity index (χ3n) is 1.64. The number of hydrogen-bond acceptors (Lipinski definition) is 3. The van der Waals surface area contributed by atoms with Crippen LogP contribution in [0.2, 0.25) is 0 Å². The van der Waals surface area contributed by atoms with Gasteiger partial charge in [0.05, 0.1) is 17.3 Å². The van der Waals surface area contributed by atoms with Crippen molar-refractivity contribution >= 4 is 21.8 Å². The highest BCUT2D eigenvalue weighted by atomic mass is 79.9. The summed E-state index contributed by atoms with van der Waals surface area (Å²) in [5, 5.41) is 0. The van der Waals surface area contributed by atoms with Gasteiger partial charge >= 0.3 is 0 Å². The first-order valence-corrected chi connectivity index (χ1v) is 5.38. The molecule has 0 aliphatic carbocycles. The molecule has 1 aromatic heterocycles. The second kappa shape index (κ2) is 5.11. The van der Waals surface area contributed by atoms with E-state index in [1.807, 2.05) is 0 Å². The van der Waals surface area contributed by atoms with E-state index in [-0.39, 0.29) is 5.69 Å². The molecule has 1 aromatic rings. The molecule has 0 aromatic carbocycles. The maximum atomic E-state index is 10.8. The highest BCUT2D eigenvalue weighted by molar-refractivity contribution is 9.10. The van der Waals surface area contributed by atoms with Crippen LogP contribution < -0.4 is 10.5 Å². The van der Waals surface area contributed by atoms with Crippen molar-refractivity contribution in [1.29, 1.82) is 0 Å². The van der Waals surface area contributed by atoms with E-state index >= 15 is 0 Å². The van der Waals surface area contributed by atoms with E-state index in [0.29, 0.717) is 22.7 Å². The van der Waals surface area contributed by atoms with Crippen LogP contribution in [-0.4, -0.2) is 17.5 Å². The molecular weight excluding hydrogens is 260 g/mol. The summed E-state index contributed by atoms with van der Waals surface area (Å²) in [7, 11) is 0. The zero-order valence-corrected chi connectivity index (χ0v) is 10.2. The number of aromatic nitrogens is 1. The summed E-state index contributed by atoms with van der Waals surface area (Å²) in [5.74, 6) is 0.507. The number of nitrogens with zero attached hydrogens (tertiary/aromatic N) is 1. The van der Waals surface area contributed by atoms with Gasteiger partial charge in [-0.2, -0.15) is 0 Å². The van der Waals surface area contributed by atoms with Crippen LogP contribution in [-0.2, 0) is 0 Å². The quantitative estimate of drug-likeness (QED) is 0.912. The van der Waals surface area contributed by atoms with Gasteiger partial charge in [0.25, 0.3) is 5.91 Å². The molecule has 0 fully saturated rings. The molecule has 0 saturated heterocycles. The largest absolute Gasteiger partial charge is 0.491 e. The zero-order chi connectivity index (χ0) is 11.4. The Morgan fingerprint density at radius 1 is 1.67 bits per heavy atom. The number of rotatable bonds is 4.